The first-order chi connectivity index (χ1) is 13.8. The van der Waals surface area contributed by atoms with Crippen molar-refractivity contribution in [3.63, 3.8) is 0 Å². The van der Waals surface area contributed by atoms with E-state index in [1.54, 1.807) is 24.3 Å². The maximum Gasteiger partial charge on any atom is 0.262 e. The van der Waals surface area contributed by atoms with E-state index >= 15 is 0 Å². The minimum atomic E-state index is -4.04. The lowest BCUT2D eigenvalue weighted by atomic mass is 10.2. The van der Waals surface area contributed by atoms with Gasteiger partial charge in [-0.05, 0) is 42.5 Å². The summed E-state index contributed by atoms with van der Waals surface area (Å²) in [6.45, 7) is 0. The van der Waals surface area contributed by atoms with Gasteiger partial charge < -0.3 is 10.1 Å². The Morgan fingerprint density at radius 3 is 2.48 bits per heavy atom. The highest BCUT2D eigenvalue weighted by Gasteiger charge is 2.18. The highest BCUT2D eigenvalue weighted by molar-refractivity contribution is 7.92. The Labute approximate surface area is 172 Å². The number of sulfonamides is 1. The van der Waals surface area contributed by atoms with E-state index in [9.17, 15) is 17.6 Å². The van der Waals surface area contributed by atoms with Crippen LogP contribution in [0.4, 0.5) is 15.8 Å². The Kier molecular flexibility index (Phi) is 6.05. The Morgan fingerprint density at radius 1 is 1.03 bits per heavy atom. The minimum absolute atomic E-state index is 0.171. The quantitative estimate of drug-likeness (QED) is 0.596. The summed E-state index contributed by atoms with van der Waals surface area (Å²) >= 11 is 5.96. The first-order valence-electron chi connectivity index (χ1n) is 8.32. The first-order valence-corrected chi connectivity index (χ1v) is 10.2. The molecule has 0 heterocycles. The zero-order valence-corrected chi connectivity index (χ0v) is 16.7. The number of ether oxygens (including phenoxy) is 1. The molecule has 0 aliphatic heterocycles. The van der Waals surface area contributed by atoms with Gasteiger partial charge in [0.05, 0.1) is 34.0 Å². The van der Waals surface area contributed by atoms with E-state index in [0.29, 0.717) is 5.75 Å². The van der Waals surface area contributed by atoms with Crippen LogP contribution in [0.3, 0.4) is 0 Å². The zero-order chi connectivity index (χ0) is 21.0. The molecule has 0 unspecified atom stereocenters. The largest absolute Gasteiger partial charge is 0.497 e. The number of anilines is 2. The van der Waals surface area contributed by atoms with Gasteiger partial charge in [-0.3, -0.25) is 9.52 Å². The van der Waals surface area contributed by atoms with Gasteiger partial charge >= 0.3 is 0 Å². The molecule has 0 atom stereocenters. The Bertz CT molecular complexity index is 1170. The SMILES string of the molecule is COc1cccc(NS(=O)(=O)c2ccc(NC(=O)c3ccccc3Cl)c(F)c2)c1. The summed E-state index contributed by atoms with van der Waals surface area (Å²) in [7, 11) is -2.59. The molecule has 0 aromatic heterocycles. The topological polar surface area (TPSA) is 84.5 Å². The van der Waals surface area contributed by atoms with E-state index in [1.165, 1.54) is 43.5 Å². The number of nitrogens with one attached hydrogen (secondary N) is 2. The lowest BCUT2D eigenvalue weighted by Crippen LogP contribution is -2.15. The van der Waals surface area contributed by atoms with Crippen molar-refractivity contribution in [2.45, 2.75) is 4.90 Å². The van der Waals surface area contributed by atoms with Crippen LogP contribution in [-0.4, -0.2) is 21.4 Å². The molecule has 3 aromatic rings. The van der Waals surface area contributed by atoms with Gasteiger partial charge in [-0.1, -0.05) is 29.8 Å². The van der Waals surface area contributed by atoms with Gasteiger partial charge in [0, 0.05) is 6.07 Å². The number of hydrogen-bond acceptors (Lipinski definition) is 4. The smallest absolute Gasteiger partial charge is 0.262 e. The fourth-order valence-electron chi connectivity index (χ4n) is 2.50. The molecule has 0 aliphatic carbocycles. The van der Waals surface area contributed by atoms with Gasteiger partial charge in [-0.2, -0.15) is 0 Å². The highest BCUT2D eigenvalue weighted by atomic mass is 35.5. The molecule has 3 rings (SSSR count). The van der Waals surface area contributed by atoms with E-state index in [4.69, 9.17) is 16.3 Å². The average molecular weight is 435 g/mol. The zero-order valence-electron chi connectivity index (χ0n) is 15.1. The third-order valence-electron chi connectivity index (χ3n) is 3.94. The number of halogens is 2. The van der Waals surface area contributed by atoms with Crippen LogP contribution in [-0.2, 0) is 10.0 Å². The fraction of sp³-hybridized carbons (Fsp3) is 0.0500. The van der Waals surface area contributed by atoms with E-state index in [2.05, 4.69) is 10.0 Å². The van der Waals surface area contributed by atoms with Gasteiger partial charge in [-0.25, -0.2) is 12.8 Å². The molecular formula is C20H16ClFN2O4S. The van der Waals surface area contributed by atoms with Gasteiger partial charge in [0.2, 0.25) is 0 Å². The van der Waals surface area contributed by atoms with Crippen LogP contribution < -0.4 is 14.8 Å². The molecule has 2 N–H and O–H groups in total. The molecule has 1 amide bonds. The lowest BCUT2D eigenvalue weighted by Gasteiger charge is -2.11. The van der Waals surface area contributed by atoms with Crippen molar-refractivity contribution < 1.29 is 22.3 Å². The molecule has 0 spiro atoms. The second-order valence-corrected chi connectivity index (χ2v) is 8.00. The number of carbonyl (C=O) groups excluding carboxylic acids is 1. The predicted octanol–water partition coefficient (Wildman–Crippen LogP) is 4.54. The molecule has 6 nitrogen and oxygen atoms in total. The maximum absolute atomic E-state index is 14.5. The molecule has 29 heavy (non-hydrogen) atoms. The van der Waals surface area contributed by atoms with Crippen LogP contribution in [0.5, 0.6) is 5.75 Å². The third-order valence-corrected chi connectivity index (χ3v) is 5.65. The van der Waals surface area contributed by atoms with Crippen molar-refractivity contribution in [1.29, 1.82) is 0 Å². The van der Waals surface area contributed by atoms with Gasteiger partial charge in [0.25, 0.3) is 15.9 Å². The van der Waals surface area contributed by atoms with E-state index in [-0.39, 0.29) is 26.9 Å². The van der Waals surface area contributed by atoms with E-state index in [0.717, 1.165) is 6.07 Å². The summed E-state index contributed by atoms with van der Waals surface area (Å²) in [5.41, 5.74) is 0.265. The van der Waals surface area contributed by atoms with Crippen molar-refractivity contribution >= 4 is 38.9 Å². The molecule has 0 bridgehead atoms. The van der Waals surface area contributed by atoms with Crippen LogP contribution in [0, 0.1) is 5.82 Å². The number of carbonyl (C=O) groups is 1. The monoisotopic (exact) mass is 434 g/mol. The van der Waals surface area contributed by atoms with Crippen molar-refractivity contribution in [1.82, 2.24) is 0 Å². The second kappa shape index (κ2) is 8.50. The number of amides is 1. The maximum atomic E-state index is 14.5. The van der Waals surface area contributed by atoms with Crippen molar-refractivity contribution in [3.05, 3.63) is 83.1 Å². The summed E-state index contributed by atoms with van der Waals surface area (Å²) < 4.78 is 46.9. The van der Waals surface area contributed by atoms with Crippen LogP contribution in [0.25, 0.3) is 0 Å². The molecule has 0 fully saturated rings. The van der Waals surface area contributed by atoms with E-state index < -0.39 is 21.7 Å². The summed E-state index contributed by atoms with van der Waals surface area (Å²) in [6.07, 6.45) is 0. The van der Waals surface area contributed by atoms with Gasteiger partial charge in [0.1, 0.15) is 11.6 Å². The number of methoxy groups -OCH3 is 1. The highest BCUT2D eigenvalue weighted by Crippen LogP contribution is 2.24. The standard InChI is InChI=1S/C20H16ClFN2O4S/c1-28-14-6-4-5-13(11-14)24-29(26,27)15-9-10-19(18(22)12-15)23-20(25)16-7-2-3-8-17(16)21/h2-12,24H,1H3,(H,23,25). The van der Waals surface area contributed by atoms with Gasteiger partial charge in [0.15, 0.2) is 0 Å². The summed E-state index contributed by atoms with van der Waals surface area (Å²) in [5, 5.41) is 2.60. The molecule has 0 aliphatic rings. The van der Waals surface area contributed by atoms with E-state index in [1.807, 2.05) is 0 Å². The van der Waals surface area contributed by atoms with Crippen molar-refractivity contribution in [2.24, 2.45) is 0 Å². The lowest BCUT2D eigenvalue weighted by molar-refractivity contribution is 0.102. The fourth-order valence-corrected chi connectivity index (χ4v) is 3.78. The minimum Gasteiger partial charge on any atom is -0.497 e. The van der Waals surface area contributed by atoms with Crippen LogP contribution in [0.2, 0.25) is 5.02 Å². The summed E-state index contributed by atoms with van der Waals surface area (Å²) in [4.78, 5) is 12.0. The Hall–Kier alpha value is -3.10. The molecule has 3 aromatic carbocycles. The number of rotatable bonds is 6. The molecular weight excluding hydrogens is 419 g/mol. The van der Waals surface area contributed by atoms with Crippen molar-refractivity contribution in [2.75, 3.05) is 17.1 Å². The Balaban J connectivity index is 1.81. The predicted molar refractivity (Wildman–Crippen MR) is 110 cm³/mol. The summed E-state index contributed by atoms with van der Waals surface area (Å²) in [6, 6.07) is 15.8. The third kappa shape index (κ3) is 4.85. The molecule has 150 valence electrons. The van der Waals surface area contributed by atoms with Crippen LogP contribution >= 0.6 is 11.6 Å². The molecule has 0 saturated heterocycles. The van der Waals surface area contributed by atoms with Gasteiger partial charge in [-0.15, -0.1) is 0 Å². The summed E-state index contributed by atoms with van der Waals surface area (Å²) in [5.74, 6) is -1.05. The second-order valence-electron chi connectivity index (χ2n) is 5.91. The van der Waals surface area contributed by atoms with Crippen LogP contribution in [0.1, 0.15) is 10.4 Å². The normalized spacial score (nSPS) is 11.0. The number of hydrogen-bond donors (Lipinski definition) is 2. The molecule has 0 radical (unpaired) electrons. The Morgan fingerprint density at radius 2 is 1.79 bits per heavy atom. The van der Waals surface area contributed by atoms with Crippen LogP contribution in [0.15, 0.2) is 71.6 Å². The molecule has 9 heteroatoms. The van der Waals surface area contributed by atoms with Crippen molar-refractivity contribution in [3.8, 4) is 5.75 Å². The molecule has 0 saturated carbocycles. The number of benzene rings is 3. The first kappa shape index (κ1) is 20.6. The average Bonchev–Trinajstić information content (AvgIpc) is 2.69.